The van der Waals surface area contributed by atoms with Crippen molar-refractivity contribution in [2.75, 3.05) is 23.3 Å². The van der Waals surface area contributed by atoms with E-state index in [0.29, 0.717) is 16.7 Å². The number of nitrogens with zero attached hydrogens (tertiary/aromatic N) is 1. The van der Waals surface area contributed by atoms with Gasteiger partial charge in [0.25, 0.3) is 11.7 Å². The highest BCUT2D eigenvalue weighted by Gasteiger charge is 2.30. The molecule has 2 aliphatic rings. The zero-order chi connectivity index (χ0) is 13.6. The molecule has 1 saturated heterocycles. The van der Waals surface area contributed by atoms with Gasteiger partial charge >= 0.3 is 0 Å². The van der Waals surface area contributed by atoms with Crippen molar-refractivity contribution in [1.82, 2.24) is 0 Å². The number of benzene rings is 1. The molecule has 1 aromatic rings. The molecule has 1 aromatic carbocycles. The molecule has 0 unspecified atom stereocenters. The van der Waals surface area contributed by atoms with Crippen LogP contribution < -0.4 is 10.2 Å². The number of piperidine rings is 1. The molecule has 0 aromatic heterocycles. The first-order chi connectivity index (χ1) is 8.96. The topological polar surface area (TPSA) is 49.4 Å². The van der Waals surface area contributed by atoms with Gasteiger partial charge in [0.05, 0.1) is 11.3 Å². The number of anilines is 2. The number of fused-ring (bicyclic) bond motifs is 1. The maximum Gasteiger partial charge on any atom is 0.296 e. The monoisotopic (exact) mass is 258 g/mol. The molecule has 3 rings (SSSR count). The molecule has 2 aliphatic heterocycles. The molecule has 0 spiro atoms. The molecule has 19 heavy (non-hydrogen) atoms. The van der Waals surface area contributed by atoms with Crippen molar-refractivity contribution >= 4 is 23.1 Å². The van der Waals surface area contributed by atoms with Crippen molar-refractivity contribution in [3.8, 4) is 0 Å². The highest BCUT2D eigenvalue weighted by molar-refractivity contribution is 6.51. The van der Waals surface area contributed by atoms with E-state index in [1.54, 1.807) is 6.07 Å². The molecule has 1 amide bonds. The third-order valence-corrected chi connectivity index (χ3v) is 4.18. The molecule has 0 bridgehead atoms. The number of hydrogen-bond donors (Lipinski definition) is 1. The van der Waals surface area contributed by atoms with Gasteiger partial charge in [0.1, 0.15) is 0 Å². The summed E-state index contributed by atoms with van der Waals surface area (Å²) in [6.45, 7) is 6.64. The zero-order valence-electron chi connectivity index (χ0n) is 11.3. The van der Waals surface area contributed by atoms with E-state index in [1.807, 2.05) is 12.1 Å². The first-order valence-electron chi connectivity index (χ1n) is 6.71. The Hall–Kier alpha value is -1.84. The quantitative estimate of drug-likeness (QED) is 0.787. The zero-order valence-corrected chi connectivity index (χ0v) is 11.3. The van der Waals surface area contributed by atoms with Gasteiger partial charge in [0.15, 0.2) is 0 Å². The molecule has 4 nitrogen and oxygen atoms in total. The van der Waals surface area contributed by atoms with Crippen LogP contribution >= 0.6 is 0 Å². The Morgan fingerprint density at radius 2 is 1.84 bits per heavy atom. The number of amides is 1. The van der Waals surface area contributed by atoms with E-state index in [9.17, 15) is 9.59 Å². The van der Waals surface area contributed by atoms with Crippen LogP contribution in [0.1, 0.15) is 37.0 Å². The van der Waals surface area contributed by atoms with E-state index in [2.05, 4.69) is 24.1 Å². The molecule has 1 N–H and O–H groups in total. The standard InChI is InChI=1S/C15H18N2O2/c1-15(2)5-7-17(8-6-15)10-3-4-11-12(9-10)16-14(19)13(11)18/h3-4,9H,5-8H2,1-2H3,(H,16,18,19). The number of rotatable bonds is 1. The van der Waals surface area contributed by atoms with E-state index < -0.39 is 11.7 Å². The number of Topliss-reactive ketones (excluding diaryl/α,β-unsaturated/α-hetero) is 1. The van der Waals surface area contributed by atoms with Crippen LogP contribution in [0.15, 0.2) is 18.2 Å². The van der Waals surface area contributed by atoms with Crippen LogP contribution in [0, 0.1) is 5.41 Å². The highest BCUT2D eigenvalue weighted by Crippen LogP contribution is 2.34. The van der Waals surface area contributed by atoms with E-state index >= 15 is 0 Å². The first-order valence-corrected chi connectivity index (χ1v) is 6.71. The summed E-state index contributed by atoms with van der Waals surface area (Å²) < 4.78 is 0. The van der Waals surface area contributed by atoms with Gasteiger partial charge in [-0.2, -0.15) is 0 Å². The minimum absolute atomic E-state index is 0.414. The lowest BCUT2D eigenvalue weighted by Crippen LogP contribution is -2.37. The Bertz CT molecular complexity index is 553. The third-order valence-electron chi connectivity index (χ3n) is 4.18. The number of carbonyl (C=O) groups is 2. The third kappa shape index (κ3) is 2.11. The van der Waals surface area contributed by atoms with E-state index in [0.717, 1.165) is 31.6 Å². The SMILES string of the molecule is CC1(C)CCN(c2ccc3c(c2)NC(=O)C3=O)CC1. The van der Waals surface area contributed by atoms with Crippen LogP contribution in [-0.2, 0) is 4.79 Å². The van der Waals surface area contributed by atoms with Gasteiger partial charge in [-0.3, -0.25) is 9.59 Å². The summed E-state index contributed by atoms with van der Waals surface area (Å²) in [4.78, 5) is 25.2. The Labute approximate surface area is 112 Å². The summed E-state index contributed by atoms with van der Waals surface area (Å²) >= 11 is 0. The van der Waals surface area contributed by atoms with Crippen LogP contribution in [0.2, 0.25) is 0 Å². The fraction of sp³-hybridized carbons (Fsp3) is 0.467. The summed E-state index contributed by atoms with van der Waals surface area (Å²) in [6, 6.07) is 5.61. The number of ketones is 1. The van der Waals surface area contributed by atoms with Crippen LogP contribution in [0.5, 0.6) is 0 Å². The molecule has 0 atom stereocenters. The van der Waals surface area contributed by atoms with Crippen molar-refractivity contribution in [3.63, 3.8) is 0 Å². The van der Waals surface area contributed by atoms with Crippen LogP contribution in [0.4, 0.5) is 11.4 Å². The number of hydrogen-bond acceptors (Lipinski definition) is 3. The average Bonchev–Trinajstić information content (AvgIpc) is 2.64. The summed E-state index contributed by atoms with van der Waals surface area (Å²) in [7, 11) is 0. The van der Waals surface area contributed by atoms with E-state index in [1.165, 1.54) is 0 Å². The molecular weight excluding hydrogens is 240 g/mol. The molecule has 4 heteroatoms. The lowest BCUT2D eigenvalue weighted by atomic mass is 9.82. The van der Waals surface area contributed by atoms with Gasteiger partial charge in [-0.1, -0.05) is 13.8 Å². The van der Waals surface area contributed by atoms with E-state index in [4.69, 9.17) is 0 Å². The second-order valence-electron chi connectivity index (χ2n) is 6.16. The minimum Gasteiger partial charge on any atom is -0.371 e. The van der Waals surface area contributed by atoms with E-state index in [-0.39, 0.29) is 0 Å². The van der Waals surface area contributed by atoms with Crippen molar-refractivity contribution in [3.05, 3.63) is 23.8 Å². The lowest BCUT2D eigenvalue weighted by Gasteiger charge is -2.38. The van der Waals surface area contributed by atoms with Crippen molar-refractivity contribution < 1.29 is 9.59 Å². The molecule has 100 valence electrons. The van der Waals surface area contributed by atoms with Crippen LogP contribution in [-0.4, -0.2) is 24.8 Å². The Kier molecular flexibility index (Phi) is 2.62. The molecule has 1 fully saturated rings. The molecule has 2 heterocycles. The van der Waals surface area contributed by atoms with Crippen molar-refractivity contribution in [1.29, 1.82) is 0 Å². The molecular formula is C15H18N2O2. The smallest absolute Gasteiger partial charge is 0.296 e. The molecule has 0 aliphatic carbocycles. The van der Waals surface area contributed by atoms with Crippen LogP contribution in [0.25, 0.3) is 0 Å². The van der Waals surface area contributed by atoms with Gasteiger partial charge in [0, 0.05) is 18.8 Å². The van der Waals surface area contributed by atoms with Crippen molar-refractivity contribution in [2.45, 2.75) is 26.7 Å². The van der Waals surface area contributed by atoms with Gasteiger partial charge < -0.3 is 10.2 Å². The predicted octanol–water partition coefficient (Wildman–Crippen LogP) is 2.45. The highest BCUT2D eigenvalue weighted by atomic mass is 16.2. The normalized spacial score (nSPS) is 21.3. The largest absolute Gasteiger partial charge is 0.371 e. The molecule has 0 saturated carbocycles. The number of nitrogens with one attached hydrogen (secondary N) is 1. The maximum atomic E-state index is 11.5. The summed E-state index contributed by atoms with van der Waals surface area (Å²) in [5.41, 5.74) is 2.64. The van der Waals surface area contributed by atoms with Gasteiger partial charge in [-0.25, -0.2) is 0 Å². The second-order valence-corrected chi connectivity index (χ2v) is 6.16. The number of carbonyl (C=O) groups excluding carboxylic acids is 2. The summed E-state index contributed by atoms with van der Waals surface area (Å²) in [6.07, 6.45) is 2.32. The molecule has 0 radical (unpaired) electrons. The Morgan fingerprint density at radius 1 is 1.16 bits per heavy atom. The van der Waals surface area contributed by atoms with Crippen molar-refractivity contribution in [2.24, 2.45) is 5.41 Å². The fourth-order valence-electron chi connectivity index (χ4n) is 2.70. The fourth-order valence-corrected chi connectivity index (χ4v) is 2.70. The summed E-state index contributed by atoms with van der Waals surface area (Å²) in [5, 5.41) is 2.63. The average molecular weight is 258 g/mol. The second kappa shape index (κ2) is 4.08. The first kappa shape index (κ1) is 12.2. The predicted molar refractivity (Wildman–Crippen MR) is 74.6 cm³/mol. The Morgan fingerprint density at radius 3 is 2.53 bits per heavy atom. The maximum absolute atomic E-state index is 11.5. The van der Waals surface area contributed by atoms with Gasteiger partial charge in [-0.05, 0) is 36.5 Å². The lowest BCUT2D eigenvalue weighted by molar-refractivity contribution is -0.112. The van der Waals surface area contributed by atoms with Gasteiger partial charge in [0.2, 0.25) is 0 Å². The minimum atomic E-state index is -0.521. The summed E-state index contributed by atoms with van der Waals surface area (Å²) in [5.74, 6) is -0.951. The van der Waals surface area contributed by atoms with Gasteiger partial charge in [-0.15, -0.1) is 0 Å². The van der Waals surface area contributed by atoms with Crippen LogP contribution in [0.3, 0.4) is 0 Å². The Balaban J connectivity index is 1.83.